The number of hydrogen-bond donors (Lipinski definition) is 1. The van der Waals surface area contributed by atoms with E-state index in [0.29, 0.717) is 54.8 Å². The van der Waals surface area contributed by atoms with Gasteiger partial charge in [0.25, 0.3) is 5.91 Å². The van der Waals surface area contributed by atoms with E-state index < -0.39 is 0 Å². The maximum Gasteiger partial charge on any atom is 0.255 e. The molecule has 32 heavy (non-hydrogen) atoms. The molecule has 0 radical (unpaired) electrons. The van der Waals surface area contributed by atoms with Gasteiger partial charge in [-0.3, -0.25) is 9.59 Å². The number of nitrogens with zero attached hydrogens (tertiary/aromatic N) is 2. The summed E-state index contributed by atoms with van der Waals surface area (Å²) in [7, 11) is 0. The number of carbonyl (C=O) groups is 2. The summed E-state index contributed by atoms with van der Waals surface area (Å²) in [6, 6.07) is 12.7. The van der Waals surface area contributed by atoms with Crippen LogP contribution in [-0.4, -0.2) is 49.5 Å². The fourth-order valence-corrected chi connectivity index (χ4v) is 3.85. The van der Waals surface area contributed by atoms with Crippen LogP contribution in [0.4, 0.5) is 11.4 Å². The number of anilines is 2. The predicted octanol–water partition coefficient (Wildman–Crippen LogP) is 5.08. The van der Waals surface area contributed by atoms with Gasteiger partial charge >= 0.3 is 0 Å². The van der Waals surface area contributed by atoms with Crippen molar-refractivity contribution in [2.75, 3.05) is 43.0 Å². The number of hydrogen-bond acceptors (Lipinski definition) is 4. The van der Waals surface area contributed by atoms with E-state index in [9.17, 15) is 9.59 Å². The number of halogens is 1. The van der Waals surface area contributed by atoms with Crippen molar-refractivity contribution in [3.63, 3.8) is 0 Å². The molecule has 1 N–H and O–H groups in total. The van der Waals surface area contributed by atoms with Crippen molar-refractivity contribution in [2.24, 2.45) is 5.92 Å². The van der Waals surface area contributed by atoms with Crippen molar-refractivity contribution in [2.45, 2.75) is 33.6 Å². The highest BCUT2D eigenvalue weighted by molar-refractivity contribution is 6.31. The molecule has 0 spiro atoms. The molecule has 1 saturated heterocycles. The summed E-state index contributed by atoms with van der Waals surface area (Å²) < 4.78 is 5.73. The summed E-state index contributed by atoms with van der Waals surface area (Å²) in [5, 5.41) is 3.56. The highest BCUT2D eigenvalue weighted by Gasteiger charge is 2.24. The van der Waals surface area contributed by atoms with Crippen molar-refractivity contribution in [1.82, 2.24) is 4.90 Å². The van der Waals surface area contributed by atoms with Crippen LogP contribution < -0.4 is 15.0 Å². The molecular formula is C25H32ClN3O3. The van der Waals surface area contributed by atoms with E-state index in [4.69, 9.17) is 16.3 Å². The maximum absolute atomic E-state index is 13.0. The number of benzene rings is 2. The fraction of sp³-hybridized carbons (Fsp3) is 0.440. The van der Waals surface area contributed by atoms with Crippen molar-refractivity contribution in [3.05, 3.63) is 53.1 Å². The minimum atomic E-state index is -0.219. The molecule has 0 atom stereocenters. The second-order valence-electron chi connectivity index (χ2n) is 8.31. The summed E-state index contributed by atoms with van der Waals surface area (Å²) in [6.45, 7) is 9.29. The fourth-order valence-electron chi connectivity index (χ4n) is 3.67. The van der Waals surface area contributed by atoms with Gasteiger partial charge in [-0.25, -0.2) is 0 Å². The minimum absolute atomic E-state index is 0.00588. The number of rotatable bonds is 8. The number of ether oxygens (including phenoxy) is 1. The van der Waals surface area contributed by atoms with Crippen LogP contribution in [0.3, 0.4) is 0 Å². The Morgan fingerprint density at radius 1 is 1.09 bits per heavy atom. The highest BCUT2D eigenvalue weighted by atomic mass is 35.5. The van der Waals surface area contributed by atoms with E-state index in [1.165, 1.54) is 0 Å². The van der Waals surface area contributed by atoms with Gasteiger partial charge in [-0.05, 0) is 42.8 Å². The molecule has 2 aromatic carbocycles. The third kappa shape index (κ3) is 6.16. The SMILES string of the molecule is CCCCOc1cccc(C(=O)Nc2cc(Cl)ccc2N2CCN(C(=O)C(C)C)CC2)c1. The van der Waals surface area contributed by atoms with Gasteiger partial charge in [0.1, 0.15) is 5.75 Å². The maximum atomic E-state index is 13.0. The van der Waals surface area contributed by atoms with E-state index in [-0.39, 0.29) is 17.7 Å². The van der Waals surface area contributed by atoms with Gasteiger partial charge in [0.15, 0.2) is 0 Å². The van der Waals surface area contributed by atoms with Crippen LogP contribution in [0, 0.1) is 5.92 Å². The molecule has 1 aliphatic heterocycles. The topological polar surface area (TPSA) is 61.9 Å². The monoisotopic (exact) mass is 457 g/mol. The van der Waals surface area contributed by atoms with Crippen LogP contribution in [0.2, 0.25) is 5.02 Å². The van der Waals surface area contributed by atoms with Crippen LogP contribution in [0.25, 0.3) is 0 Å². The lowest BCUT2D eigenvalue weighted by Gasteiger charge is -2.37. The molecule has 1 aliphatic rings. The molecular weight excluding hydrogens is 426 g/mol. The van der Waals surface area contributed by atoms with Crippen molar-refractivity contribution in [3.8, 4) is 5.75 Å². The number of amides is 2. The Labute approximate surface area is 195 Å². The van der Waals surface area contributed by atoms with Crippen LogP contribution in [-0.2, 0) is 4.79 Å². The van der Waals surface area contributed by atoms with Gasteiger partial charge in [0.05, 0.1) is 18.0 Å². The largest absolute Gasteiger partial charge is 0.494 e. The molecule has 0 aromatic heterocycles. The van der Waals surface area contributed by atoms with Gasteiger partial charge in [-0.1, -0.05) is 44.9 Å². The smallest absolute Gasteiger partial charge is 0.255 e. The molecule has 2 aromatic rings. The average Bonchev–Trinajstić information content (AvgIpc) is 2.79. The Balaban J connectivity index is 1.71. The number of piperazine rings is 1. The molecule has 0 bridgehead atoms. The Morgan fingerprint density at radius 2 is 1.84 bits per heavy atom. The first-order chi connectivity index (χ1) is 15.4. The lowest BCUT2D eigenvalue weighted by atomic mass is 10.1. The molecule has 1 heterocycles. The molecule has 0 aliphatic carbocycles. The second-order valence-corrected chi connectivity index (χ2v) is 8.75. The van der Waals surface area contributed by atoms with Gasteiger partial charge < -0.3 is 19.9 Å². The molecule has 2 amide bonds. The number of unbranched alkanes of at least 4 members (excludes halogenated alkanes) is 1. The zero-order valence-corrected chi connectivity index (χ0v) is 19.8. The van der Waals surface area contributed by atoms with E-state index in [1.807, 2.05) is 43.0 Å². The Hall–Kier alpha value is -2.73. The summed E-state index contributed by atoms with van der Waals surface area (Å²) >= 11 is 6.24. The van der Waals surface area contributed by atoms with Crippen molar-refractivity contribution < 1.29 is 14.3 Å². The first-order valence-electron chi connectivity index (χ1n) is 11.3. The lowest BCUT2D eigenvalue weighted by Crippen LogP contribution is -2.50. The quantitative estimate of drug-likeness (QED) is 0.562. The normalized spacial score (nSPS) is 13.9. The highest BCUT2D eigenvalue weighted by Crippen LogP contribution is 2.31. The number of carbonyl (C=O) groups excluding carboxylic acids is 2. The van der Waals surface area contributed by atoms with Crippen molar-refractivity contribution in [1.29, 1.82) is 0 Å². The van der Waals surface area contributed by atoms with E-state index >= 15 is 0 Å². The Bertz CT molecular complexity index is 940. The van der Waals surface area contributed by atoms with Crippen LogP contribution in [0.5, 0.6) is 5.75 Å². The van der Waals surface area contributed by atoms with Crippen LogP contribution in [0.15, 0.2) is 42.5 Å². The van der Waals surface area contributed by atoms with Crippen molar-refractivity contribution >= 4 is 34.8 Å². The molecule has 7 heteroatoms. The van der Waals surface area contributed by atoms with E-state index in [1.54, 1.807) is 18.2 Å². The summed E-state index contributed by atoms with van der Waals surface area (Å²) in [4.78, 5) is 29.3. The van der Waals surface area contributed by atoms with E-state index in [0.717, 1.165) is 18.5 Å². The van der Waals surface area contributed by atoms with Gasteiger partial charge in [0.2, 0.25) is 5.91 Å². The Kier molecular flexibility index (Phi) is 8.39. The first-order valence-corrected chi connectivity index (χ1v) is 11.6. The predicted molar refractivity (Wildman–Crippen MR) is 130 cm³/mol. The van der Waals surface area contributed by atoms with Crippen LogP contribution in [0.1, 0.15) is 44.0 Å². The average molecular weight is 458 g/mol. The zero-order chi connectivity index (χ0) is 23.1. The second kappa shape index (κ2) is 11.2. The molecule has 0 saturated carbocycles. The molecule has 3 rings (SSSR count). The van der Waals surface area contributed by atoms with Gasteiger partial charge in [-0.15, -0.1) is 0 Å². The first kappa shape index (κ1) is 23.9. The third-order valence-corrected chi connectivity index (χ3v) is 5.73. The standard InChI is InChI=1S/C25H32ClN3O3/c1-4-5-15-32-21-8-6-7-19(16-21)24(30)27-22-17-20(26)9-10-23(22)28-11-13-29(14-12-28)25(31)18(2)3/h6-10,16-18H,4-5,11-15H2,1-3H3,(H,27,30). The molecule has 6 nitrogen and oxygen atoms in total. The summed E-state index contributed by atoms with van der Waals surface area (Å²) in [5.41, 5.74) is 2.08. The third-order valence-electron chi connectivity index (χ3n) is 5.50. The van der Waals surface area contributed by atoms with Gasteiger partial charge in [0, 0.05) is 42.7 Å². The molecule has 172 valence electrons. The van der Waals surface area contributed by atoms with Crippen LogP contribution >= 0.6 is 11.6 Å². The zero-order valence-electron chi connectivity index (χ0n) is 19.1. The summed E-state index contributed by atoms with van der Waals surface area (Å²) in [6.07, 6.45) is 2.02. The lowest BCUT2D eigenvalue weighted by molar-refractivity contribution is -0.134. The van der Waals surface area contributed by atoms with Gasteiger partial charge in [-0.2, -0.15) is 0 Å². The molecule has 0 unspecified atom stereocenters. The van der Waals surface area contributed by atoms with E-state index in [2.05, 4.69) is 17.1 Å². The molecule has 1 fully saturated rings. The summed E-state index contributed by atoms with van der Waals surface area (Å²) in [5.74, 6) is 0.635. The number of nitrogens with one attached hydrogen (secondary N) is 1. The Morgan fingerprint density at radius 3 is 2.53 bits per heavy atom. The minimum Gasteiger partial charge on any atom is -0.494 e.